The molecule has 0 radical (unpaired) electrons. The number of rotatable bonds is 3. The van der Waals surface area contributed by atoms with Gasteiger partial charge in [-0.15, -0.1) is 11.6 Å². The average Bonchev–Trinajstić information content (AvgIpc) is 2.98. The lowest BCUT2D eigenvalue weighted by Crippen LogP contribution is -2.07. The summed E-state index contributed by atoms with van der Waals surface area (Å²) in [5.74, 6) is 1.28. The standard InChI is InChI=1S/C12H10Cl2N4O/c1-7(13)12-16-9-4-2-3-8(14)11(9)18(12)5-10-15-6-19-17-10/h2-4,6-7H,5H2,1H3. The van der Waals surface area contributed by atoms with Crippen LogP contribution in [0, 0.1) is 0 Å². The van der Waals surface area contributed by atoms with E-state index in [0.717, 1.165) is 16.9 Å². The lowest BCUT2D eigenvalue weighted by atomic mass is 10.3. The van der Waals surface area contributed by atoms with Gasteiger partial charge in [0.05, 0.1) is 28.0 Å². The monoisotopic (exact) mass is 296 g/mol. The zero-order valence-electron chi connectivity index (χ0n) is 10.0. The number of benzene rings is 1. The van der Waals surface area contributed by atoms with Crippen LogP contribution in [0.25, 0.3) is 11.0 Å². The minimum absolute atomic E-state index is 0.240. The molecule has 0 aliphatic carbocycles. The van der Waals surface area contributed by atoms with E-state index in [1.807, 2.05) is 29.7 Å². The van der Waals surface area contributed by atoms with Gasteiger partial charge in [-0.3, -0.25) is 0 Å². The summed E-state index contributed by atoms with van der Waals surface area (Å²) in [5.41, 5.74) is 1.63. The highest BCUT2D eigenvalue weighted by Gasteiger charge is 2.18. The Morgan fingerprint density at radius 1 is 1.42 bits per heavy atom. The number of hydrogen-bond donors (Lipinski definition) is 0. The lowest BCUT2D eigenvalue weighted by Gasteiger charge is -2.08. The predicted molar refractivity (Wildman–Crippen MR) is 72.4 cm³/mol. The van der Waals surface area contributed by atoms with E-state index in [9.17, 15) is 0 Å². The minimum atomic E-state index is -0.240. The molecule has 0 saturated heterocycles. The summed E-state index contributed by atoms with van der Waals surface area (Å²) in [5, 5.41) is 4.19. The van der Waals surface area contributed by atoms with E-state index < -0.39 is 0 Å². The number of imidazole rings is 1. The van der Waals surface area contributed by atoms with Crippen LogP contribution >= 0.6 is 23.2 Å². The van der Waals surface area contributed by atoms with E-state index in [1.165, 1.54) is 6.39 Å². The van der Waals surface area contributed by atoms with Crippen LogP contribution in [0.2, 0.25) is 5.02 Å². The number of alkyl halides is 1. The number of nitrogens with zero attached hydrogens (tertiary/aromatic N) is 4. The molecule has 1 aromatic carbocycles. The van der Waals surface area contributed by atoms with Gasteiger partial charge in [-0.25, -0.2) is 4.98 Å². The van der Waals surface area contributed by atoms with Crippen LogP contribution in [0.15, 0.2) is 29.1 Å². The summed E-state index contributed by atoms with van der Waals surface area (Å²) in [6, 6.07) is 5.58. The second kappa shape index (κ2) is 4.83. The molecular weight excluding hydrogens is 287 g/mol. The molecule has 0 amide bonds. The molecule has 0 saturated carbocycles. The number of hydrogen-bond acceptors (Lipinski definition) is 4. The van der Waals surface area contributed by atoms with Gasteiger partial charge in [0.1, 0.15) is 5.82 Å². The Morgan fingerprint density at radius 3 is 2.95 bits per heavy atom. The lowest BCUT2D eigenvalue weighted by molar-refractivity contribution is 0.408. The first-order chi connectivity index (χ1) is 9.16. The van der Waals surface area contributed by atoms with E-state index in [1.54, 1.807) is 0 Å². The van der Waals surface area contributed by atoms with Gasteiger partial charge in [-0.05, 0) is 19.1 Å². The molecule has 0 aliphatic rings. The van der Waals surface area contributed by atoms with Crippen molar-refractivity contribution in [3.8, 4) is 0 Å². The van der Waals surface area contributed by atoms with E-state index in [-0.39, 0.29) is 5.38 Å². The van der Waals surface area contributed by atoms with Gasteiger partial charge in [0.2, 0.25) is 6.39 Å². The van der Waals surface area contributed by atoms with E-state index in [4.69, 9.17) is 27.7 Å². The third kappa shape index (κ3) is 2.19. The van der Waals surface area contributed by atoms with E-state index >= 15 is 0 Å². The highest BCUT2D eigenvalue weighted by Crippen LogP contribution is 2.29. The molecule has 7 heteroatoms. The SMILES string of the molecule is CC(Cl)c1nc2cccc(Cl)c2n1Cc1ncon1. The molecule has 2 heterocycles. The van der Waals surface area contributed by atoms with Gasteiger partial charge in [-0.2, -0.15) is 4.98 Å². The Labute approximate surface area is 119 Å². The minimum Gasteiger partial charge on any atom is -0.343 e. The Morgan fingerprint density at radius 2 is 2.26 bits per heavy atom. The van der Waals surface area contributed by atoms with Gasteiger partial charge >= 0.3 is 0 Å². The molecule has 1 atom stereocenters. The van der Waals surface area contributed by atoms with Crippen molar-refractivity contribution in [3.05, 3.63) is 41.3 Å². The molecule has 0 fully saturated rings. The predicted octanol–water partition coefficient (Wildman–Crippen LogP) is 3.42. The number of fused-ring (bicyclic) bond motifs is 1. The molecule has 1 unspecified atom stereocenters. The fourth-order valence-corrected chi connectivity index (χ4v) is 2.47. The van der Waals surface area contributed by atoms with E-state index in [0.29, 0.717) is 17.4 Å². The summed E-state index contributed by atoms with van der Waals surface area (Å²) in [6.45, 7) is 2.28. The van der Waals surface area contributed by atoms with Gasteiger partial charge in [0.15, 0.2) is 5.82 Å². The Balaban J connectivity index is 2.21. The van der Waals surface area contributed by atoms with Crippen molar-refractivity contribution in [2.45, 2.75) is 18.8 Å². The third-order valence-corrected chi connectivity index (χ3v) is 3.31. The highest BCUT2D eigenvalue weighted by molar-refractivity contribution is 6.35. The fraction of sp³-hybridized carbons (Fsp3) is 0.250. The van der Waals surface area contributed by atoms with Crippen LogP contribution in [0.1, 0.15) is 23.9 Å². The maximum absolute atomic E-state index is 6.25. The van der Waals surface area contributed by atoms with Crippen LogP contribution in [-0.2, 0) is 6.54 Å². The van der Waals surface area contributed by atoms with E-state index in [2.05, 4.69) is 15.1 Å². The maximum Gasteiger partial charge on any atom is 0.213 e. The van der Waals surface area contributed by atoms with Crippen molar-refractivity contribution >= 4 is 34.2 Å². The van der Waals surface area contributed by atoms with Crippen LogP contribution in [0.5, 0.6) is 0 Å². The summed E-state index contributed by atoms with van der Waals surface area (Å²) in [7, 11) is 0. The number of aromatic nitrogens is 4. The fourth-order valence-electron chi connectivity index (χ4n) is 2.03. The molecule has 5 nitrogen and oxygen atoms in total. The van der Waals surface area contributed by atoms with Crippen molar-refractivity contribution in [2.24, 2.45) is 0 Å². The Hall–Kier alpha value is -1.59. The molecule has 19 heavy (non-hydrogen) atoms. The van der Waals surface area contributed by atoms with Crippen molar-refractivity contribution in [1.29, 1.82) is 0 Å². The average molecular weight is 297 g/mol. The molecule has 0 bridgehead atoms. The molecule has 3 rings (SSSR count). The molecule has 98 valence electrons. The highest BCUT2D eigenvalue weighted by atomic mass is 35.5. The van der Waals surface area contributed by atoms with Crippen molar-refractivity contribution in [3.63, 3.8) is 0 Å². The first-order valence-corrected chi connectivity index (χ1v) is 6.52. The summed E-state index contributed by atoms with van der Waals surface area (Å²) in [4.78, 5) is 8.53. The number of halogens is 2. The zero-order chi connectivity index (χ0) is 13.4. The van der Waals surface area contributed by atoms with Crippen LogP contribution in [-0.4, -0.2) is 19.7 Å². The van der Waals surface area contributed by atoms with Crippen LogP contribution in [0.3, 0.4) is 0 Å². The van der Waals surface area contributed by atoms with Crippen LogP contribution < -0.4 is 0 Å². The Bertz CT molecular complexity index is 706. The van der Waals surface area contributed by atoms with Crippen molar-refractivity contribution in [2.75, 3.05) is 0 Å². The first kappa shape index (κ1) is 12.4. The molecular formula is C12H10Cl2N4O. The van der Waals surface area contributed by atoms with Gasteiger partial charge in [-0.1, -0.05) is 22.8 Å². The summed E-state index contributed by atoms with van der Waals surface area (Å²) < 4.78 is 6.66. The first-order valence-electron chi connectivity index (χ1n) is 5.71. The number of para-hydroxylation sites is 1. The molecule has 0 N–H and O–H groups in total. The van der Waals surface area contributed by atoms with Gasteiger partial charge in [0.25, 0.3) is 0 Å². The van der Waals surface area contributed by atoms with Gasteiger partial charge in [0, 0.05) is 0 Å². The van der Waals surface area contributed by atoms with Crippen molar-refractivity contribution < 1.29 is 4.52 Å². The van der Waals surface area contributed by atoms with Crippen LogP contribution in [0.4, 0.5) is 0 Å². The van der Waals surface area contributed by atoms with Crippen molar-refractivity contribution in [1.82, 2.24) is 19.7 Å². The largest absolute Gasteiger partial charge is 0.343 e. The summed E-state index contributed by atoms with van der Waals surface area (Å²) >= 11 is 12.4. The Kier molecular flexibility index (Phi) is 3.16. The topological polar surface area (TPSA) is 56.7 Å². The zero-order valence-corrected chi connectivity index (χ0v) is 11.6. The second-order valence-electron chi connectivity index (χ2n) is 4.13. The molecule has 0 aliphatic heterocycles. The molecule has 0 spiro atoms. The second-order valence-corrected chi connectivity index (χ2v) is 5.19. The van der Waals surface area contributed by atoms with Gasteiger partial charge < -0.3 is 9.09 Å². The summed E-state index contributed by atoms with van der Waals surface area (Å²) in [6.07, 6.45) is 1.29. The quantitative estimate of drug-likeness (QED) is 0.695. The normalized spacial score (nSPS) is 13.0. The molecule has 2 aromatic heterocycles. The third-order valence-electron chi connectivity index (χ3n) is 2.81. The molecule has 3 aromatic rings. The smallest absolute Gasteiger partial charge is 0.213 e. The maximum atomic E-state index is 6.25.